The number of carbonyl (C=O) groups excluding carboxylic acids is 1. The van der Waals surface area contributed by atoms with Crippen LogP contribution < -0.4 is 5.32 Å². The Bertz CT molecular complexity index is 725. The van der Waals surface area contributed by atoms with Crippen molar-refractivity contribution in [3.05, 3.63) is 29.3 Å². The second kappa shape index (κ2) is 6.82. The third kappa shape index (κ3) is 3.63. The molecule has 1 saturated heterocycles. The van der Waals surface area contributed by atoms with Gasteiger partial charge in [0.05, 0.1) is 11.7 Å². The molecule has 1 unspecified atom stereocenters. The van der Waals surface area contributed by atoms with Crippen LogP contribution in [0.15, 0.2) is 18.2 Å². The maximum atomic E-state index is 12.5. The van der Waals surface area contributed by atoms with Crippen molar-refractivity contribution in [2.45, 2.75) is 30.9 Å². The van der Waals surface area contributed by atoms with Crippen molar-refractivity contribution in [1.82, 2.24) is 9.21 Å². The molecule has 0 aromatic heterocycles. The average molecular weight is 351 g/mol. The second-order valence-corrected chi connectivity index (χ2v) is 8.89. The molecule has 24 heavy (non-hydrogen) atoms. The molecule has 1 aromatic rings. The molecule has 3 rings (SSSR count). The number of amides is 1. The van der Waals surface area contributed by atoms with Crippen molar-refractivity contribution in [2.75, 3.05) is 39.0 Å². The topological polar surface area (TPSA) is 69.7 Å². The highest BCUT2D eigenvalue weighted by Gasteiger charge is 2.31. The fraction of sp³-hybridized carbons (Fsp3) is 0.588. The molecular formula is C17H25N3O3S. The molecule has 2 heterocycles. The lowest BCUT2D eigenvalue weighted by molar-refractivity contribution is -0.117. The van der Waals surface area contributed by atoms with Gasteiger partial charge in [0.25, 0.3) is 0 Å². The first kappa shape index (κ1) is 17.4. The Morgan fingerprint density at radius 2 is 1.96 bits per heavy atom. The van der Waals surface area contributed by atoms with Crippen LogP contribution in [0, 0.1) is 0 Å². The van der Waals surface area contributed by atoms with Crippen LogP contribution in [0.4, 0.5) is 5.69 Å². The van der Waals surface area contributed by atoms with Crippen LogP contribution in [0.3, 0.4) is 0 Å². The lowest BCUT2D eigenvalue weighted by Gasteiger charge is -2.16. The van der Waals surface area contributed by atoms with Crippen LogP contribution in [0.2, 0.25) is 0 Å². The zero-order valence-corrected chi connectivity index (χ0v) is 15.1. The molecule has 2 aliphatic rings. The molecule has 1 N–H and O–H groups in total. The summed E-state index contributed by atoms with van der Waals surface area (Å²) in [4.78, 5) is 14.2. The third-order valence-corrected chi connectivity index (χ3v) is 6.59. The Morgan fingerprint density at radius 1 is 1.25 bits per heavy atom. The van der Waals surface area contributed by atoms with Gasteiger partial charge in [-0.05, 0) is 57.1 Å². The van der Waals surface area contributed by atoms with Crippen LogP contribution in [0.25, 0.3) is 0 Å². The Hall–Kier alpha value is -1.44. The minimum Gasteiger partial charge on any atom is -0.325 e. The Balaban J connectivity index is 1.79. The van der Waals surface area contributed by atoms with Gasteiger partial charge in [-0.1, -0.05) is 12.1 Å². The van der Waals surface area contributed by atoms with Gasteiger partial charge >= 0.3 is 0 Å². The van der Waals surface area contributed by atoms with E-state index in [1.165, 1.54) is 0 Å². The molecule has 0 saturated carbocycles. The normalized spacial score (nSPS) is 21.3. The van der Waals surface area contributed by atoms with Crippen molar-refractivity contribution in [3.63, 3.8) is 0 Å². The lowest BCUT2D eigenvalue weighted by atomic mass is 9.96. The summed E-state index contributed by atoms with van der Waals surface area (Å²) in [5.41, 5.74) is 2.49. The predicted octanol–water partition coefficient (Wildman–Crippen LogP) is 1.60. The quantitative estimate of drug-likeness (QED) is 0.845. The Kier molecular flexibility index (Phi) is 4.94. The van der Waals surface area contributed by atoms with Crippen molar-refractivity contribution >= 4 is 21.6 Å². The summed E-state index contributed by atoms with van der Waals surface area (Å²) < 4.78 is 26.6. The maximum Gasteiger partial charge on any atom is 0.232 e. The molecule has 1 amide bonds. The summed E-state index contributed by atoms with van der Waals surface area (Å²) in [5.74, 6) is -0.183. The molecular weight excluding hydrogens is 326 g/mol. The van der Waals surface area contributed by atoms with Crippen molar-refractivity contribution in [3.8, 4) is 0 Å². The van der Waals surface area contributed by atoms with E-state index in [-0.39, 0.29) is 17.6 Å². The molecule has 1 atom stereocenters. The Labute approximate surface area is 143 Å². The molecule has 7 heteroatoms. The molecule has 6 nitrogen and oxygen atoms in total. The van der Waals surface area contributed by atoms with E-state index in [1.54, 1.807) is 10.4 Å². The summed E-state index contributed by atoms with van der Waals surface area (Å²) in [5, 5.41) is 2.90. The third-order valence-electron chi connectivity index (χ3n) is 4.74. The molecule has 0 radical (unpaired) electrons. The number of hydrogen-bond acceptors (Lipinski definition) is 4. The van der Waals surface area contributed by atoms with E-state index in [0.717, 1.165) is 42.6 Å². The molecule has 0 bridgehead atoms. The van der Waals surface area contributed by atoms with Gasteiger partial charge < -0.3 is 10.2 Å². The predicted molar refractivity (Wildman–Crippen MR) is 94.4 cm³/mol. The molecule has 1 fully saturated rings. The van der Waals surface area contributed by atoms with Gasteiger partial charge in [-0.3, -0.25) is 4.79 Å². The number of hydrogen-bond donors (Lipinski definition) is 1. The maximum absolute atomic E-state index is 12.5. The summed E-state index contributed by atoms with van der Waals surface area (Å²) in [6.07, 6.45) is 2.61. The first-order chi connectivity index (χ1) is 11.4. The summed E-state index contributed by atoms with van der Waals surface area (Å²) in [6.45, 7) is 2.06. The average Bonchev–Trinajstić information content (AvgIpc) is 3.12. The minimum absolute atomic E-state index is 0.00593. The van der Waals surface area contributed by atoms with Crippen molar-refractivity contribution < 1.29 is 13.2 Å². The largest absolute Gasteiger partial charge is 0.325 e. The van der Waals surface area contributed by atoms with Crippen molar-refractivity contribution in [2.24, 2.45) is 0 Å². The van der Waals surface area contributed by atoms with Crippen LogP contribution in [-0.2, 0) is 20.6 Å². The van der Waals surface area contributed by atoms with E-state index in [0.29, 0.717) is 13.1 Å². The number of benzene rings is 1. The second-order valence-electron chi connectivity index (χ2n) is 6.92. The zero-order chi connectivity index (χ0) is 17.3. The van der Waals surface area contributed by atoms with E-state index in [2.05, 4.69) is 5.32 Å². The minimum atomic E-state index is -3.27. The Morgan fingerprint density at radius 3 is 2.62 bits per heavy atom. The highest BCUT2D eigenvalue weighted by atomic mass is 32.2. The SMILES string of the molecule is CN(C)CCC1C(=O)Nc2ccc(CS(=O)(=O)N3CCCC3)cc21. The molecule has 0 aliphatic carbocycles. The van der Waals surface area contributed by atoms with Gasteiger partial charge in [-0.2, -0.15) is 0 Å². The zero-order valence-electron chi connectivity index (χ0n) is 14.3. The number of carbonyl (C=O) groups is 1. The first-order valence-electron chi connectivity index (χ1n) is 8.43. The van der Waals surface area contributed by atoms with Gasteiger partial charge in [-0.25, -0.2) is 12.7 Å². The van der Waals surface area contributed by atoms with Crippen LogP contribution in [0.1, 0.15) is 36.3 Å². The molecule has 132 valence electrons. The number of nitrogens with one attached hydrogen (secondary N) is 1. The van der Waals surface area contributed by atoms with E-state index >= 15 is 0 Å². The standard InChI is InChI=1S/C17H25N3O3S/c1-19(2)10-7-14-15-11-13(5-6-16(15)18-17(14)21)12-24(22,23)20-8-3-4-9-20/h5-6,11,14H,3-4,7-10,12H2,1-2H3,(H,18,21). The molecule has 1 aromatic carbocycles. The molecule has 2 aliphatic heterocycles. The number of anilines is 1. The number of rotatable bonds is 6. The molecule has 0 spiro atoms. The monoisotopic (exact) mass is 351 g/mol. The fourth-order valence-electron chi connectivity index (χ4n) is 3.41. The summed E-state index contributed by atoms with van der Waals surface area (Å²) in [6, 6.07) is 5.53. The highest BCUT2D eigenvalue weighted by Crippen LogP contribution is 2.35. The van der Waals surface area contributed by atoms with Crippen molar-refractivity contribution in [1.29, 1.82) is 0 Å². The fourth-order valence-corrected chi connectivity index (χ4v) is 5.01. The van der Waals surface area contributed by atoms with Crippen LogP contribution in [0.5, 0.6) is 0 Å². The number of sulfonamides is 1. The van der Waals surface area contributed by atoms with Gasteiger partial charge in [0, 0.05) is 18.8 Å². The van der Waals surface area contributed by atoms with E-state index in [1.807, 2.05) is 31.1 Å². The highest BCUT2D eigenvalue weighted by molar-refractivity contribution is 7.88. The summed E-state index contributed by atoms with van der Waals surface area (Å²) >= 11 is 0. The number of nitrogens with zero attached hydrogens (tertiary/aromatic N) is 2. The van der Waals surface area contributed by atoms with Gasteiger partial charge in [0.1, 0.15) is 0 Å². The van der Waals surface area contributed by atoms with Gasteiger partial charge in [-0.15, -0.1) is 0 Å². The van der Waals surface area contributed by atoms with Crippen LogP contribution in [-0.4, -0.2) is 57.3 Å². The van der Waals surface area contributed by atoms with E-state index < -0.39 is 10.0 Å². The smallest absolute Gasteiger partial charge is 0.232 e. The first-order valence-corrected chi connectivity index (χ1v) is 10.0. The number of fused-ring (bicyclic) bond motifs is 1. The van der Waals surface area contributed by atoms with E-state index in [4.69, 9.17) is 0 Å². The lowest BCUT2D eigenvalue weighted by Crippen LogP contribution is -2.29. The van der Waals surface area contributed by atoms with Gasteiger partial charge in [0.2, 0.25) is 15.9 Å². The summed E-state index contributed by atoms with van der Waals surface area (Å²) in [7, 11) is 0.691. The van der Waals surface area contributed by atoms with Gasteiger partial charge in [0.15, 0.2) is 0 Å². The van der Waals surface area contributed by atoms with Crippen LogP contribution >= 0.6 is 0 Å². The van der Waals surface area contributed by atoms with E-state index in [9.17, 15) is 13.2 Å².